The molecule has 0 aliphatic rings. The Morgan fingerprint density at radius 1 is 1.41 bits per heavy atom. The zero-order valence-electron chi connectivity index (χ0n) is 10.1. The van der Waals surface area contributed by atoms with E-state index in [1.54, 1.807) is 11.3 Å². The van der Waals surface area contributed by atoms with Crippen molar-refractivity contribution >= 4 is 22.8 Å². The molecule has 0 saturated carbocycles. The summed E-state index contributed by atoms with van der Waals surface area (Å²) in [7, 11) is 0. The lowest BCUT2D eigenvalue weighted by molar-refractivity contribution is 0.786. The molecule has 3 nitrogen and oxygen atoms in total. The third-order valence-corrected chi connectivity index (χ3v) is 3.38. The molecule has 4 heteroatoms. The lowest BCUT2D eigenvalue weighted by atomic mass is 10.1. The van der Waals surface area contributed by atoms with Crippen molar-refractivity contribution in [2.75, 3.05) is 11.1 Å². The molecule has 2 aromatic rings. The lowest BCUT2D eigenvalue weighted by Gasteiger charge is -2.14. The molecule has 0 bridgehead atoms. The van der Waals surface area contributed by atoms with Crippen molar-refractivity contribution in [3.05, 3.63) is 40.2 Å². The second kappa shape index (κ2) is 5.19. The molecular formula is C13H17N3S. The first kappa shape index (κ1) is 11.9. The number of nitrogens with one attached hydrogen (secondary N) is 1. The number of anilines is 2. The molecule has 0 saturated heterocycles. The molecule has 0 aliphatic heterocycles. The Labute approximate surface area is 106 Å². The molecule has 0 spiro atoms. The van der Waals surface area contributed by atoms with Gasteiger partial charge < -0.3 is 11.1 Å². The molecule has 17 heavy (non-hydrogen) atoms. The van der Waals surface area contributed by atoms with Crippen LogP contribution in [0.5, 0.6) is 0 Å². The van der Waals surface area contributed by atoms with Crippen molar-refractivity contribution in [2.45, 2.75) is 26.3 Å². The van der Waals surface area contributed by atoms with Gasteiger partial charge in [0.05, 0.1) is 11.4 Å². The van der Waals surface area contributed by atoms with Crippen LogP contribution in [0.25, 0.3) is 0 Å². The second-order valence-corrected chi connectivity index (χ2v) is 5.03. The van der Waals surface area contributed by atoms with Gasteiger partial charge in [-0.15, -0.1) is 0 Å². The van der Waals surface area contributed by atoms with E-state index in [0.717, 1.165) is 23.6 Å². The highest BCUT2D eigenvalue weighted by Crippen LogP contribution is 2.15. The van der Waals surface area contributed by atoms with Gasteiger partial charge in [-0.3, -0.25) is 0 Å². The van der Waals surface area contributed by atoms with Gasteiger partial charge in [0, 0.05) is 6.04 Å². The minimum absolute atomic E-state index is 0.361. The number of nitrogen functional groups attached to an aromatic ring is 1. The van der Waals surface area contributed by atoms with E-state index in [9.17, 15) is 0 Å². The van der Waals surface area contributed by atoms with Gasteiger partial charge in [0.15, 0.2) is 0 Å². The summed E-state index contributed by atoms with van der Waals surface area (Å²) < 4.78 is 0. The zero-order valence-corrected chi connectivity index (χ0v) is 10.9. The van der Waals surface area contributed by atoms with Crippen molar-refractivity contribution in [3.8, 4) is 0 Å². The summed E-state index contributed by atoms with van der Waals surface area (Å²) in [4.78, 5) is 4.41. The van der Waals surface area contributed by atoms with E-state index in [4.69, 9.17) is 5.73 Å². The maximum atomic E-state index is 5.74. The largest absolute Gasteiger partial charge is 0.397 e. The van der Waals surface area contributed by atoms with Gasteiger partial charge in [0.25, 0.3) is 0 Å². The van der Waals surface area contributed by atoms with E-state index in [2.05, 4.69) is 34.1 Å². The molecule has 2 rings (SSSR count). The smallest absolute Gasteiger partial charge is 0.126 e. The first-order chi connectivity index (χ1) is 8.15. The summed E-state index contributed by atoms with van der Waals surface area (Å²) in [6.07, 6.45) is 1.01. The SMILES string of the molecule is Cc1nc(NC(C)Cc2ccsc2)ccc1N. The fraction of sp³-hybridized carbons (Fsp3) is 0.308. The molecule has 3 N–H and O–H groups in total. The molecule has 90 valence electrons. The number of pyridine rings is 1. The molecule has 0 fully saturated rings. The first-order valence-electron chi connectivity index (χ1n) is 5.66. The van der Waals surface area contributed by atoms with Crippen LogP contribution in [0.15, 0.2) is 29.0 Å². The predicted octanol–water partition coefficient (Wildman–Crippen LogP) is 3.08. The summed E-state index contributed by atoms with van der Waals surface area (Å²) in [6, 6.07) is 6.33. The second-order valence-electron chi connectivity index (χ2n) is 4.25. The van der Waals surface area contributed by atoms with E-state index < -0.39 is 0 Å². The number of rotatable bonds is 4. The maximum absolute atomic E-state index is 5.74. The quantitative estimate of drug-likeness (QED) is 0.873. The van der Waals surface area contributed by atoms with Crippen LogP contribution in [0.1, 0.15) is 18.2 Å². The topological polar surface area (TPSA) is 50.9 Å². The number of aryl methyl sites for hydroxylation is 1. The Hall–Kier alpha value is -1.55. The number of nitrogens with two attached hydrogens (primary N) is 1. The predicted molar refractivity (Wildman–Crippen MR) is 74.5 cm³/mol. The Kier molecular flexibility index (Phi) is 3.64. The number of thiophene rings is 1. The molecule has 0 amide bonds. The van der Waals surface area contributed by atoms with E-state index in [1.165, 1.54) is 5.56 Å². The number of hydrogen-bond donors (Lipinski definition) is 2. The zero-order chi connectivity index (χ0) is 12.3. The summed E-state index contributed by atoms with van der Waals surface area (Å²) in [6.45, 7) is 4.08. The Bertz CT molecular complexity index is 479. The molecule has 2 aromatic heterocycles. The fourth-order valence-electron chi connectivity index (χ4n) is 1.72. The van der Waals surface area contributed by atoms with Crippen molar-refractivity contribution in [2.24, 2.45) is 0 Å². The molecule has 2 heterocycles. The average molecular weight is 247 g/mol. The standard InChI is InChI=1S/C13H17N3S/c1-9(7-11-5-6-17-8-11)15-13-4-3-12(14)10(2)16-13/h3-6,8-9H,7,14H2,1-2H3,(H,15,16). The van der Waals surface area contributed by atoms with Crippen LogP contribution >= 0.6 is 11.3 Å². The van der Waals surface area contributed by atoms with Crippen LogP contribution in [0.2, 0.25) is 0 Å². The van der Waals surface area contributed by atoms with Crippen molar-refractivity contribution in [1.29, 1.82) is 0 Å². The average Bonchev–Trinajstić information content (AvgIpc) is 2.76. The third kappa shape index (κ3) is 3.20. The van der Waals surface area contributed by atoms with Gasteiger partial charge in [-0.05, 0) is 54.8 Å². The number of nitrogens with zero attached hydrogens (tertiary/aromatic N) is 1. The highest BCUT2D eigenvalue weighted by molar-refractivity contribution is 7.07. The van der Waals surface area contributed by atoms with Crippen LogP contribution in [-0.2, 0) is 6.42 Å². The van der Waals surface area contributed by atoms with Gasteiger partial charge >= 0.3 is 0 Å². The van der Waals surface area contributed by atoms with Crippen LogP contribution in [0, 0.1) is 6.92 Å². The van der Waals surface area contributed by atoms with Crippen molar-refractivity contribution < 1.29 is 0 Å². The number of aromatic nitrogens is 1. The van der Waals surface area contributed by atoms with E-state index in [0.29, 0.717) is 6.04 Å². The minimum Gasteiger partial charge on any atom is -0.397 e. The monoisotopic (exact) mass is 247 g/mol. The van der Waals surface area contributed by atoms with Gasteiger partial charge in [-0.1, -0.05) is 0 Å². The Morgan fingerprint density at radius 3 is 2.88 bits per heavy atom. The van der Waals surface area contributed by atoms with Crippen LogP contribution < -0.4 is 11.1 Å². The van der Waals surface area contributed by atoms with Crippen LogP contribution in [0.4, 0.5) is 11.5 Å². The molecule has 0 aliphatic carbocycles. The maximum Gasteiger partial charge on any atom is 0.126 e. The summed E-state index contributed by atoms with van der Waals surface area (Å²) in [5, 5.41) is 7.67. The summed E-state index contributed by atoms with van der Waals surface area (Å²) >= 11 is 1.73. The Morgan fingerprint density at radius 2 is 2.24 bits per heavy atom. The van der Waals surface area contributed by atoms with Crippen LogP contribution in [-0.4, -0.2) is 11.0 Å². The van der Waals surface area contributed by atoms with Gasteiger partial charge in [0.2, 0.25) is 0 Å². The molecule has 1 atom stereocenters. The summed E-state index contributed by atoms with van der Waals surface area (Å²) in [5.74, 6) is 0.888. The summed E-state index contributed by atoms with van der Waals surface area (Å²) in [5.41, 5.74) is 8.71. The molecule has 1 unspecified atom stereocenters. The Balaban J connectivity index is 1.98. The van der Waals surface area contributed by atoms with Crippen molar-refractivity contribution in [3.63, 3.8) is 0 Å². The van der Waals surface area contributed by atoms with Gasteiger partial charge in [-0.25, -0.2) is 4.98 Å². The van der Waals surface area contributed by atoms with Crippen LogP contribution in [0.3, 0.4) is 0 Å². The minimum atomic E-state index is 0.361. The molecular weight excluding hydrogens is 230 g/mol. The molecule has 0 radical (unpaired) electrons. The highest BCUT2D eigenvalue weighted by Gasteiger charge is 2.05. The van der Waals surface area contributed by atoms with Gasteiger partial charge in [-0.2, -0.15) is 11.3 Å². The van der Waals surface area contributed by atoms with Crippen molar-refractivity contribution in [1.82, 2.24) is 4.98 Å². The van der Waals surface area contributed by atoms with Gasteiger partial charge in [0.1, 0.15) is 5.82 Å². The first-order valence-corrected chi connectivity index (χ1v) is 6.60. The van der Waals surface area contributed by atoms with E-state index >= 15 is 0 Å². The number of hydrogen-bond acceptors (Lipinski definition) is 4. The highest BCUT2D eigenvalue weighted by atomic mass is 32.1. The third-order valence-electron chi connectivity index (χ3n) is 2.64. The normalized spacial score (nSPS) is 12.4. The van der Waals surface area contributed by atoms with E-state index in [1.807, 2.05) is 19.1 Å². The fourth-order valence-corrected chi connectivity index (χ4v) is 2.40. The van der Waals surface area contributed by atoms with E-state index in [-0.39, 0.29) is 0 Å². The lowest BCUT2D eigenvalue weighted by Crippen LogP contribution is -2.18. The molecule has 0 aromatic carbocycles.